The monoisotopic (exact) mass is 400 g/mol. The van der Waals surface area contributed by atoms with Crippen LogP contribution in [0.4, 0.5) is 0 Å². The van der Waals surface area contributed by atoms with E-state index in [9.17, 15) is 0 Å². The highest BCUT2D eigenvalue weighted by Crippen LogP contribution is 2.52. The second-order valence-electron chi connectivity index (χ2n) is 8.00. The summed E-state index contributed by atoms with van der Waals surface area (Å²) in [6.07, 6.45) is 5.17. The summed E-state index contributed by atoms with van der Waals surface area (Å²) in [4.78, 5) is 0. The van der Waals surface area contributed by atoms with Crippen molar-refractivity contribution in [2.45, 2.75) is 50.8 Å². The van der Waals surface area contributed by atoms with Gasteiger partial charge in [0.05, 0.1) is 16.8 Å². The summed E-state index contributed by atoms with van der Waals surface area (Å²) in [5.41, 5.74) is 2.85. The van der Waals surface area contributed by atoms with Gasteiger partial charge in [0.15, 0.2) is 5.72 Å². The van der Waals surface area contributed by atoms with Gasteiger partial charge in [-0.2, -0.15) is 5.10 Å². The largest absolute Gasteiger partial charge is 0.466 e. The first kappa shape index (κ1) is 17.4. The third kappa shape index (κ3) is 2.83. The smallest absolute Gasteiger partial charge is 0.198 e. The molecule has 3 nitrogen and oxygen atoms in total. The van der Waals surface area contributed by atoms with E-state index in [0.717, 1.165) is 55.0 Å². The quantitative estimate of drug-likeness (QED) is 0.549. The van der Waals surface area contributed by atoms with Crippen molar-refractivity contribution in [2.24, 2.45) is 11.0 Å². The van der Waals surface area contributed by atoms with Crippen molar-refractivity contribution in [3.8, 4) is 5.75 Å². The van der Waals surface area contributed by atoms with Gasteiger partial charge in [-0.1, -0.05) is 54.4 Å². The van der Waals surface area contributed by atoms with E-state index >= 15 is 0 Å². The first-order valence-electron chi connectivity index (χ1n) is 9.66. The molecule has 1 saturated carbocycles. The predicted octanol–water partition coefficient (Wildman–Crippen LogP) is 6.44. The van der Waals surface area contributed by atoms with Gasteiger partial charge in [0.25, 0.3) is 0 Å². The van der Waals surface area contributed by atoms with Crippen molar-refractivity contribution in [1.29, 1.82) is 0 Å². The topological polar surface area (TPSA) is 24.8 Å². The lowest BCUT2D eigenvalue weighted by Gasteiger charge is -2.50. The summed E-state index contributed by atoms with van der Waals surface area (Å²) in [7, 11) is 0. The van der Waals surface area contributed by atoms with E-state index in [4.69, 9.17) is 33.0 Å². The van der Waals surface area contributed by atoms with Crippen LogP contribution in [0.3, 0.4) is 0 Å². The van der Waals surface area contributed by atoms with Gasteiger partial charge >= 0.3 is 0 Å². The minimum absolute atomic E-state index is 0.199. The number of benzene rings is 2. The van der Waals surface area contributed by atoms with Crippen molar-refractivity contribution in [2.75, 3.05) is 0 Å². The molecule has 2 aliphatic heterocycles. The Bertz CT molecular complexity index is 918. The Balaban J connectivity index is 1.59. The maximum atomic E-state index is 6.62. The van der Waals surface area contributed by atoms with Crippen molar-refractivity contribution in [1.82, 2.24) is 5.01 Å². The molecule has 27 heavy (non-hydrogen) atoms. The Morgan fingerprint density at radius 1 is 1.11 bits per heavy atom. The van der Waals surface area contributed by atoms with Gasteiger partial charge in [0.2, 0.25) is 0 Å². The molecule has 3 aliphatic rings. The SMILES string of the molecule is CC1CCC2(CC1)Oc1ccccc1C1CC(c3ccc(Cl)cc3Cl)=NN12. The highest BCUT2D eigenvalue weighted by Gasteiger charge is 2.51. The Labute approximate surface area is 169 Å². The highest BCUT2D eigenvalue weighted by molar-refractivity contribution is 6.37. The predicted molar refractivity (Wildman–Crippen MR) is 110 cm³/mol. The maximum absolute atomic E-state index is 6.62. The van der Waals surface area contributed by atoms with Crippen molar-refractivity contribution in [3.63, 3.8) is 0 Å². The first-order valence-corrected chi connectivity index (χ1v) is 10.4. The molecule has 1 atom stereocenters. The molecule has 1 fully saturated rings. The van der Waals surface area contributed by atoms with Crippen LogP contribution >= 0.6 is 23.2 Å². The van der Waals surface area contributed by atoms with Crippen LogP contribution in [0.25, 0.3) is 0 Å². The van der Waals surface area contributed by atoms with E-state index in [2.05, 4.69) is 36.2 Å². The molecule has 5 rings (SSSR count). The van der Waals surface area contributed by atoms with Crippen molar-refractivity contribution >= 4 is 28.9 Å². The average Bonchev–Trinajstić information content (AvgIpc) is 3.11. The zero-order chi connectivity index (χ0) is 18.6. The van der Waals surface area contributed by atoms with E-state index in [1.165, 1.54) is 5.56 Å². The molecule has 1 unspecified atom stereocenters. The lowest BCUT2D eigenvalue weighted by atomic mass is 9.82. The molecule has 0 radical (unpaired) electrons. The van der Waals surface area contributed by atoms with Crippen LogP contribution in [-0.4, -0.2) is 16.4 Å². The van der Waals surface area contributed by atoms with Crippen molar-refractivity contribution in [3.05, 3.63) is 63.6 Å². The number of fused-ring (bicyclic) bond motifs is 4. The molecular weight excluding hydrogens is 379 g/mol. The number of para-hydroxylation sites is 1. The second-order valence-corrected chi connectivity index (χ2v) is 8.85. The number of halogens is 2. The molecule has 2 aromatic carbocycles. The fourth-order valence-corrected chi connectivity index (χ4v) is 5.18. The molecule has 1 spiro atoms. The van der Waals surface area contributed by atoms with E-state index < -0.39 is 0 Å². The summed E-state index contributed by atoms with van der Waals surface area (Å²) in [6.45, 7) is 2.33. The van der Waals surface area contributed by atoms with E-state index in [-0.39, 0.29) is 11.8 Å². The summed E-state index contributed by atoms with van der Waals surface area (Å²) >= 11 is 12.6. The first-order chi connectivity index (χ1) is 13.1. The minimum Gasteiger partial charge on any atom is -0.466 e. The van der Waals surface area contributed by atoms with Gasteiger partial charge in [-0.25, -0.2) is 5.01 Å². The number of hydrogen-bond donors (Lipinski definition) is 0. The van der Waals surface area contributed by atoms with Crippen LogP contribution < -0.4 is 4.74 Å². The molecule has 0 aromatic heterocycles. The number of nitrogens with zero attached hydrogens (tertiary/aromatic N) is 2. The maximum Gasteiger partial charge on any atom is 0.198 e. The van der Waals surface area contributed by atoms with Gasteiger partial charge in [0.1, 0.15) is 5.75 Å². The summed E-state index contributed by atoms with van der Waals surface area (Å²) < 4.78 is 6.62. The highest BCUT2D eigenvalue weighted by atomic mass is 35.5. The number of hydrogen-bond acceptors (Lipinski definition) is 3. The fourth-order valence-electron chi connectivity index (χ4n) is 4.66. The zero-order valence-corrected chi connectivity index (χ0v) is 16.8. The standard InChI is InChI=1S/C22H22Cl2N2O/c1-14-8-10-22(11-9-14)26-20(17-4-2-3-5-21(17)27-22)13-19(25-26)16-7-6-15(23)12-18(16)24/h2-7,12,14,20H,8-11,13H2,1H3. The molecular formula is C22H22Cl2N2O. The molecule has 2 heterocycles. The van der Waals surface area contributed by atoms with Crippen LogP contribution in [0.15, 0.2) is 47.6 Å². The normalized spacial score (nSPS) is 29.1. The second kappa shape index (κ2) is 6.42. The number of rotatable bonds is 1. The molecule has 5 heteroatoms. The molecule has 0 saturated heterocycles. The van der Waals surface area contributed by atoms with E-state index in [1.54, 1.807) is 6.07 Å². The Hall–Kier alpha value is -1.71. The van der Waals surface area contributed by atoms with E-state index in [1.807, 2.05) is 12.1 Å². The van der Waals surface area contributed by atoms with E-state index in [0.29, 0.717) is 10.0 Å². The zero-order valence-electron chi connectivity index (χ0n) is 15.3. The average molecular weight is 401 g/mol. The number of hydrazone groups is 1. The van der Waals surface area contributed by atoms with Crippen LogP contribution in [0.1, 0.15) is 56.2 Å². The third-order valence-electron chi connectivity index (χ3n) is 6.20. The summed E-state index contributed by atoms with van der Waals surface area (Å²) in [6, 6.07) is 14.2. The molecule has 1 aliphatic carbocycles. The van der Waals surface area contributed by atoms with Gasteiger partial charge < -0.3 is 4.74 Å². The fraction of sp³-hybridized carbons (Fsp3) is 0.409. The molecule has 0 bridgehead atoms. The summed E-state index contributed by atoms with van der Waals surface area (Å²) in [5.74, 6) is 1.75. The van der Waals surface area contributed by atoms with Crippen LogP contribution in [0.5, 0.6) is 5.75 Å². The Morgan fingerprint density at radius 2 is 1.89 bits per heavy atom. The van der Waals surface area contributed by atoms with Gasteiger partial charge in [0, 0.05) is 35.4 Å². The van der Waals surface area contributed by atoms with Crippen LogP contribution in [0, 0.1) is 5.92 Å². The molecule has 0 amide bonds. The van der Waals surface area contributed by atoms with Gasteiger partial charge in [-0.15, -0.1) is 0 Å². The lowest BCUT2D eigenvalue weighted by Crippen LogP contribution is -2.55. The Kier molecular flexibility index (Phi) is 4.14. The molecule has 0 N–H and O–H groups in total. The molecule has 2 aromatic rings. The van der Waals surface area contributed by atoms with Crippen LogP contribution in [-0.2, 0) is 0 Å². The van der Waals surface area contributed by atoms with Crippen molar-refractivity contribution < 1.29 is 4.74 Å². The number of ether oxygens (including phenoxy) is 1. The molecule has 140 valence electrons. The summed E-state index contributed by atoms with van der Waals surface area (Å²) in [5, 5.41) is 8.61. The Morgan fingerprint density at radius 3 is 2.67 bits per heavy atom. The lowest BCUT2D eigenvalue weighted by molar-refractivity contribution is -0.145. The van der Waals surface area contributed by atoms with Gasteiger partial charge in [-0.3, -0.25) is 0 Å². The minimum atomic E-state index is -0.341. The van der Waals surface area contributed by atoms with Gasteiger partial charge in [-0.05, 0) is 37.0 Å². The third-order valence-corrected chi connectivity index (χ3v) is 6.75. The van der Waals surface area contributed by atoms with Crippen LogP contribution in [0.2, 0.25) is 10.0 Å².